The predicted octanol–water partition coefficient (Wildman–Crippen LogP) is 1.04. The Morgan fingerprint density at radius 2 is 2.10 bits per heavy atom. The summed E-state index contributed by atoms with van der Waals surface area (Å²) in [5.41, 5.74) is 6.98. The van der Waals surface area contributed by atoms with Gasteiger partial charge in [0.2, 0.25) is 0 Å². The van der Waals surface area contributed by atoms with Crippen molar-refractivity contribution >= 4 is 11.7 Å². The van der Waals surface area contributed by atoms with Gasteiger partial charge in [0.1, 0.15) is 11.6 Å². The van der Waals surface area contributed by atoms with Gasteiger partial charge in [-0.15, -0.1) is 0 Å². The molecule has 2 rings (SSSR count). The first-order chi connectivity index (χ1) is 9.43. The van der Waals surface area contributed by atoms with Crippen LogP contribution in [0, 0.1) is 6.92 Å². The van der Waals surface area contributed by atoms with Gasteiger partial charge in [-0.2, -0.15) is 5.10 Å². The van der Waals surface area contributed by atoms with E-state index in [4.69, 9.17) is 5.73 Å². The van der Waals surface area contributed by atoms with Crippen molar-refractivity contribution in [3.05, 3.63) is 29.3 Å². The first-order valence-electron chi connectivity index (χ1n) is 6.36. The Balaban J connectivity index is 2.51. The lowest BCUT2D eigenvalue weighted by Gasteiger charge is -2.11. The molecule has 106 valence electrons. The second-order valence-corrected chi connectivity index (χ2v) is 4.80. The quantitative estimate of drug-likeness (QED) is 0.871. The first kappa shape index (κ1) is 14.0. The maximum Gasteiger partial charge on any atom is 0.271 e. The highest BCUT2D eigenvalue weighted by Crippen LogP contribution is 2.19. The van der Waals surface area contributed by atoms with Gasteiger partial charge in [0, 0.05) is 24.7 Å². The van der Waals surface area contributed by atoms with Crippen LogP contribution in [-0.4, -0.2) is 32.7 Å². The van der Waals surface area contributed by atoms with Crippen LogP contribution in [0.15, 0.2) is 12.3 Å². The van der Waals surface area contributed by atoms with Crippen LogP contribution in [0.3, 0.4) is 0 Å². The number of nitrogens with two attached hydrogens (primary N) is 1. The molecule has 2 aromatic heterocycles. The minimum absolute atomic E-state index is 0.158. The molecular formula is C13H18N6O. The van der Waals surface area contributed by atoms with Crippen LogP contribution in [0.1, 0.15) is 41.6 Å². The molecule has 0 spiro atoms. The predicted molar refractivity (Wildman–Crippen MR) is 75.8 cm³/mol. The number of amides is 1. The zero-order valence-corrected chi connectivity index (χ0v) is 12.0. The lowest BCUT2D eigenvalue weighted by molar-refractivity contribution is 0.0957. The summed E-state index contributed by atoms with van der Waals surface area (Å²) >= 11 is 0. The summed E-state index contributed by atoms with van der Waals surface area (Å²) in [6.07, 6.45) is 1.68. The van der Waals surface area contributed by atoms with Crippen molar-refractivity contribution in [3.63, 3.8) is 0 Å². The third kappa shape index (κ3) is 2.47. The number of carbonyl (C=O) groups is 1. The first-order valence-corrected chi connectivity index (χ1v) is 6.36. The Bertz CT molecular complexity index is 646. The summed E-state index contributed by atoms with van der Waals surface area (Å²) in [6.45, 7) is 5.82. The zero-order chi connectivity index (χ0) is 14.9. The highest BCUT2D eigenvalue weighted by Gasteiger charge is 2.15. The van der Waals surface area contributed by atoms with Gasteiger partial charge in [-0.1, -0.05) is 13.8 Å². The van der Waals surface area contributed by atoms with Crippen molar-refractivity contribution < 1.29 is 4.79 Å². The van der Waals surface area contributed by atoms with Crippen LogP contribution in [0.2, 0.25) is 0 Å². The van der Waals surface area contributed by atoms with Crippen molar-refractivity contribution in [2.45, 2.75) is 26.7 Å². The van der Waals surface area contributed by atoms with E-state index in [9.17, 15) is 4.79 Å². The third-order valence-corrected chi connectivity index (χ3v) is 2.96. The molecule has 0 atom stereocenters. The monoisotopic (exact) mass is 274 g/mol. The Morgan fingerprint density at radius 1 is 1.40 bits per heavy atom. The van der Waals surface area contributed by atoms with Crippen LogP contribution in [0.25, 0.3) is 5.82 Å². The molecule has 0 aliphatic carbocycles. The van der Waals surface area contributed by atoms with Gasteiger partial charge >= 0.3 is 0 Å². The summed E-state index contributed by atoms with van der Waals surface area (Å²) in [5.74, 6) is 1.59. The number of anilines is 1. The van der Waals surface area contributed by atoms with E-state index in [1.807, 2.05) is 20.8 Å². The third-order valence-electron chi connectivity index (χ3n) is 2.96. The number of nitrogens with one attached hydrogen (secondary N) is 1. The topological polar surface area (TPSA) is 98.7 Å². The molecule has 0 saturated carbocycles. The van der Waals surface area contributed by atoms with E-state index < -0.39 is 0 Å². The van der Waals surface area contributed by atoms with E-state index in [0.29, 0.717) is 23.2 Å². The van der Waals surface area contributed by atoms with E-state index >= 15 is 0 Å². The SMILES string of the molecule is CNC(=O)c1ccn(-c2nc(C(C)C)nc(N)c2C)n1. The summed E-state index contributed by atoms with van der Waals surface area (Å²) < 4.78 is 1.55. The summed E-state index contributed by atoms with van der Waals surface area (Å²) in [5, 5.41) is 6.74. The van der Waals surface area contributed by atoms with Crippen molar-refractivity contribution in [1.82, 2.24) is 25.1 Å². The smallest absolute Gasteiger partial charge is 0.271 e. The molecule has 2 heterocycles. The van der Waals surface area contributed by atoms with Gasteiger partial charge in [-0.05, 0) is 13.0 Å². The molecule has 0 aliphatic heterocycles. The minimum Gasteiger partial charge on any atom is -0.383 e. The van der Waals surface area contributed by atoms with Gasteiger partial charge in [0.25, 0.3) is 5.91 Å². The number of hydrogen-bond donors (Lipinski definition) is 2. The average molecular weight is 274 g/mol. The van der Waals surface area contributed by atoms with Gasteiger partial charge < -0.3 is 11.1 Å². The number of hydrogen-bond acceptors (Lipinski definition) is 5. The molecule has 1 amide bonds. The molecule has 2 aromatic rings. The molecule has 7 heteroatoms. The maximum absolute atomic E-state index is 11.5. The van der Waals surface area contributed by atoms with Crippen molar-refractivity contribution in [2.24, 2.45) is 0 Å². The van der Waals surface area contributed by atoms with Gasteiger partial charge in [0.05, 0.1) is 0 Å². The number of carbonyl (C=O) groups excluding carboxylic acids is 1. The summed E-state index contributed by atoms with van der Waals surface area (Å²) in [6, 6.07) is 1.63. The zero-order valence-electron chi connectivity index (χ0n) is 12.0. The van der Waals surface area contributed by atoms with E-state index in [0.717, 1.165) is 5.56 Å². The van der Waals surface area contributed by atoms with Crippen molar-refractivity contribution in [3.8, 4) is 5.82 Å². The molecule has 0 bridgehead atoms. The van der Waals surface area contributed by atoms with Crippen LogP contribution >= 0.6 is 0 Å². The van der Waals surface area contributed by atoms with E-state index in [-0.39, 0.29) is 11.8 Å². The minimum atomic E-state index is -0.243. The van der Waals surface area contributed by atoms with E-state index in [1.54, 1.807) is 24.0 Å². The molecule has 0 fully saturated rings. The molecule has 0 radical (unpaired) electrons. The van der Waals surface area contributed by atoms with Crippen molar-refractivity contribution in [1.29, 1.82) is 0 Å². The van der Waals surface area contributed by atoms with E-state index in [1.165, 1.54) is 0 Å². The van der Waals surface area contributed by atoms with Gasteiger partial charge in [-0.25, -0.2) is 14.6 Å². The van der Waals surface area contributed by atoms with Gasteiger partial charge in [0.15, 0.2) is 11.5 Å². The van der Waals surface area contributed by atoms with Gasteiger partial charge in [-0.3, -0.25) is 4.79 Å². The lowest BCUT2D eigenvalue weighted by Crippen LogP contribution is -2.19. The molecular weight excluding hydrogens is 256 g/mol. The van der Waals surface area contributed by atoms with Crippen molar-refractivity contribution in [2.75, 3.05) is 12.8 Å². The lowest BCUT2D eigenvalue weighted by atomic mass is 10.2. The Hall–Kier alpha value is -2.44. The number of aromatic nitrogens is 4. The number of rotatable bonds is 3. The fraction of sp³-hybridized carbons (Fsp3) is 0.385. The molecule has 0 unspecified atom stereocenters. The largest absolute Gasteiger partial charge is 0.383 e. The molecule has 0 saturated heterocycles. The maximum atomic E-state index is 11.5. The summed E-state index contributed by atoms with van der Waals surface area (Å²) in [4.78, 5) is 20.3. The normalized spacial score (nSPS) is 10.8. The molecule has 7 nitrogen and oxygen atoms in total. The summed E-state index contributed by atoms with van der Waals surface area (Å²) in [7, 11) is 1.56. The molecule has 0 aromatic carbocycles. The average Bonchev–Trinajstić information content (AvgIpc) is 2.90. The Kier molecular flexibility index (Phi) is 3.69. The second-order valence-electron chi connectivity index (χ2n) is 4.80. The molecule has 20 heavy (non-hydrogen) atoms. The number of nitrogens with zero attached hydrogens (tertiary/aromatic N) is 4. The van der Waals surface area contributed by atoms with Crippen LogP contribution in [-0.2, 0) is 0 Å². The standard InChI is InChI=1S/C13H18N6O/c1-7(2)11-16-10(14)8(3)12(17-11)19-6-5-9(18-19)13(20)15-4/h5-7H,1-4H3,(H,15,20)(H2,14,16,17). The van der Waals surface area contributed by atoms with Crippen LogP contribution < -0.4 is 11.1 Å². The highest BCUT2D eigenvalue weighted by molar-refractivity contribution is 5.91. The highest BCUT2D eigenvalue weighted by atomic mass is 16.1. The molecule has 3 N–H and O–H groups in total. The molecule has 0 aliphatic rings. The Morgan fingerprint density at radius 3 is 2.70 bits per heavy atom. The van der Waals surface area contributed by atoms with Crippen LogP contribution in [0.5, 0.6) is 0 Å². The second kappa shape index (κ2) is 5.28. The fourth-order valence-corrected chi connectivity index (χ4v) is 1.71. The van der Waals surface area contributed by atoms with E-state index in [2.05, 4.69) is 20.4 Å². The Labute approximate surface area is 117 Å². The fourth-order valence-electron chi connectivity index (χ4n) is 1.71. The number of nitrogen functional groups attached to an aromatic ring is 1. The van der Waals surface area contributed by atoms with Crippen LogP contribution in [0.4, 0.5) is 5.82 Å².